The predicted molar refractivity (Wildman–Crippen MR) is 386 cm³/mol. The molecule has 0 saturated heterocycles. The van der Waals surface area contributed by atoms with Gasteiger partial charge in [0.15, 0.2) is 0 Å². The van der Waals surface area contributed by atoms with E-state index in [1.165, 1.54) is 327 Å². The van der Waals surface area contributed by atoms with Gasteiger partial charge in [-0.05, 0) is 57.4 Å². The van der Waals surface area contributed by atoms with Crippen molar-refractivity contribution in [3.05, 3.63) is 24.3 Å². The summed E-state index contributed by atoms with van der Waals surface area (Å²) in [7, 11) is 1.21. The van der Waals surface area contributed by atoms with Gasteiger partial charge in [-0.3, -0.25) is 14.2 Å². The molecule has 0 aliphatic heterocycles. The highest BCUT2D eigenvalue weighted by molar-refractivity contribution is 7.45. The number of carbonyl (C=O) groups is 2. The first-order valence-corrected chi connectivity index (χ1v) is 41.1. The van der Waals surface area contributed by atoms with E-state index in [2.05, 4.69) is 38.2 Å². The number of quaternary nitrogens is 1. The molecular weight excluding hydrogens is 1120 g/mol. The molecule has 0 aliphatic carbocycles. The van der Waals surface area contributed by atoms with Crippen LogP contribution in [0.4, 0.5) is 0 Å². The highest BCUT2D eigenvalue weighted by Crippen LogP contribution is 2.38. The van der Waals surface area contributed by atoms with Crippen LogP contribution in [0, 0.1) is 0 Å². The number of amides is 1. The van der Waals surface area contributed by atoms with Gasteiger partial charge in [0.05, 0.1) is 33.8 Å². The fraction of sp³-hybridized carbons (Fsp3) is 0.924. The number of nitrogens with one attached hydrogen (secondary N) is 1. The Morgan fingerprint density at radius 1 is 0.382 bits per heavy atom. The first-order valence-electron chi connectivity index (χ1n) is 39.6. The van der Waals surface area contributed by atoms with Gasteiger partial charge >= 0.3 is 5.97 Å². The minimum absolute atomic E-state index is 0.0178. The minimum atomic E-state index is -4.70. The molecule has 0 heterocycles. The highest BCUT2D eigenvalue weighted by Gasteiger charge is 2.27. The fourth-order valence-corrected chi connectivity index (χ4v) is 13.0. The van der Waals surface area contributed by atoms with E-state index in [0.717, 1.165) is 57.8 Å². The van der Waals surface area contributed by atoms with E-state index in [1.807, 2.05) is 33.3 Å². The normalized spacial score (nSPS) is 13.5. The van der Waals surface area contributed by atoms with E-state index in [1.54, 1.807) is 0 Å². The van der Waals surface area contributed by atoms with Crippen LogP contribution in [0.3, 0.4) is 0 Å². The van der Waals surface area contributed by atoms with Gasteiger partial charge in [0.2, 0.25) is 5.91 Å². The van der Waals surface area contributed by atoms with E-state index in [4.69, 9.17) is 13.8 Å². The highest BCUT2D eigenvalue weighted by atomic mass is 31.2. The van der Waals surface area contributed by atoms with Gasteiger partial charge in [-0.15, -0.1) is 0 Å². The second-order valence-corrected chi connectivity index (χ2v) is 30.0. The average molecular weight is 1280 g/mol. The Kier molecular flexibility index (Phi) is 68.1. The van der Waals surface area contributed by atoms with E-state index >= 15 is 0 Å². The SMILES string of the molecule is CCCCCCCC/C=C/CCCCCCCCCCCCCCCC(=O)NC(COP(=O)([O-])OCC[N+](C)(C)C)C(/C=C/CCCCCCCCCCCCC)OC(=O)CCCCCCCCCCCCCCCCCCCCCCCCCCCCC. The van der Waals surface area contributed by atoms with Crippen molar-refractivity contribution in [2.75, 3.05) is 40.9 Å². The molecule has 1 N–H and O–H groups in total. The number of nitrogens with zero attached hydrogens (tertiary/aromatic N) is 1. The zero-order valence-corrected chi connectivity index (χ0v) is 61.6. The Balaban J connectivity index is 4.93. The molecule has 528 valence electrons. The van der Waals surface area contributed by atoms with Crippen molar-refractivity contribution in [1.82, 2.24) is 5.32 Å². The van der Waals surface area contributed by atoms with Crippen LogP contribution in [0.25, 0.3) is 0 Å². The quantitative estimate of drug-likeness (QED) is 0.0212. The van der Waals surface area contributed by atoms with Crippen LogP contribution in [0.2, 0.25) is 0 Å². The first kappa shape index (κ1) is 87.5. The fourth-order valence-electron chi connectivity index (χ4n) is 12.3. The summed E-state index contributed by atoms with van der Waals surface area (Å²) < 4.78 is 30.6. The molecule has 89 heavy (non-hydrogen) atoms. The number of rotatable bonds is 74. The largest absolute Gasteiger partial charge is 0.756 e. The standard InChI is InChI=1S/C79H155N2O7P/c1-7-10-13-16-19-22-25-28-30-32-34-36-38-39-40-41-43-45-47-49-51-54-57-60-63-66-69-72-79(83)88-77(70-67-64-61-58-55-52-27-24-21-18-15-12-9-3)76(75-87-89(84,85)86-74-73-81(4,5)6)80-78(82)71-68-65-62-59-56-53-50-48-46-44-42-37-35-33-31-29-26-23-20-17-14-11-8-2/h29,31,67,70,76-77H,7-28,30,32-66,68-69,71-75H2,1-6H3,(H-,80,82,84,85)/b31-29+,70-67+. The number of unbranched alkanes of at least 4 members (excludes halogenated alkanes) is 56. The van der Waals surface area contributed by atoms with Crippen LogP contribution in [-0.2, 0) is 27.9 Å². The molecule has 10 heteroatoms. The third-order valence-corrected chi connectivity index (χ3v) is 19.3. The zero-order chi connectivity index (χ0) is 64.9. The molecule has 0 saturated carbocycles. The van der Waals surface area contributed by atoms with Crippen LogP contribution < -0.4 is 10.2 Å². The monoisotopic (exact) mass is 1280 g/mol. The van der Waals surface area contributed by atoms with Gasteiger partial charge in [-0.1, -0.05) is 373 Å². The summed E-state index contributed by atoms with van der Waals surface area (Å²) >= 11 is 0. The number of esters is 1. The molecule has 0 fully saturated rings. The van der Waals surface area contributed by atoms with E-state index in [0.29, 0.717) is 17.4 Å². The first-order chi connectivity index (χ1) is 43.4. The number of ether oxygens (including phenoxy) is 1. The lowest BCUT2D eigenvalue weighted by molar-refractivity contribution is -0.870. The van der Waals surface area contributed by atoms with Crippen molar-refractivity contribution in [2.24, 2.45) is 0 Å². The molecule has 0 radical (unpaired) electrons. The summed E-state index contributed by atoms with van der Waals surface area (Å²) in [6.45, 7) is 6.93. The number of likely N-dealkylation sites (N-methyl/N-ethyl adjacent to an activating group) is 1. The van der Waals surface area contributed by atoms with Crippen LogP contribution in [0.15, 0.2) is 24.3 Å². The lowest BCUT2D eigenvalue weighted by Crippen LogP contribution is -2.47. The van der Waals surface area contributed by atoms with Gasteiger partial charge in [0.1, 0.15) is 19.3 Å². The van der Waals surface area contributed by atoms with E-state index < -0.39 is 20.0 Å². The summed E-state index contributed by atoms with van der Waals surface area (Å²) in [5.41, 5.74) is 0. The van der Waals surface area contributed by atoms with Gasteiger partial charge in [0.25, 0.3) is 7.82 Å². The molecule has 0 aromatic rings. The number of phosphoric ester groups is 1. The van der Waals surface area contributed by atoms with Crippen molar-refractivity contribution in [3.8, 4) is 0 Å². The molecule has 0 aromatic carbocycles. The lowest BCUT2D eigenvalue weighted by atomic mass is 10.0. The van der Waals surface area contributed by atoms with Gasteiger partial charge in [0, 0.05) is 12.8 Å². The summed E-state index contributed by atoms with van der Waals surface area (Å²) in [5.74, 6) is -0.513. The van der Waals surface area contributed by atoms with Crippen LogP contribution in [-0.4, -0.2) is 69.4 Å². The molecule has 0 aliphatic rings. The summed E-state index contributed by atoms with van der Waals surface area (Å²) in [5, 5.41) is 3.06. The number of phosphoric acid groups is 1. The number of hydrogen-bond acceptors (Lipinski definition) is 7. The van der Waals surface area contributed by atoms with Crippen molar-refractivity contribution in [3.63, 3.8) is 0 Å². The molecule has 0 aromatic heterocycles. The van der Waals surface area contributed by atoms with E-state index in [-0.39, 0.29) is 31.5 Å². The van der Waals surface area contributed by atoms with Crippen molar-refractivity contribution in [1.29, 1.82) is 0 Å². The lowest BCUT2D eigenvalue weighted by Gasteiger charge is -2.30. The molecule has 3 atom stereocenters. The van der Waals surface area contributed by atoms with Crippen LogP contribution >= 0.6 is 7.82 Å². The molecule has 0 spiro atoms. The maximum Gasteiger partial charge on any atom is 0.306 e. The smallest absolute Gasteiger partial charge is 0.306 e. The molecule has 0 bridgehead atoms. The van der Waals surface area contributed by atoms with Crippen molar-refractivity contribution < 1.29 is 37.3 Å². The molecular formula is C79H155N2O7P. The zero-order valence-electron chi connectivity index (χ0n) is 60.7. The maximum atomic E-state index is 13.6. The topological polar surface area (TPSA) is 114 Å². The second kappa shape index (κ2) is 69.3. The Hall–Kier alpha value is -1.51. The van der Waals surface area contributed by atoms with Crippen molar-refractivity contribution >= 4 is 19.7 Å². The summed E-state index contributed by atoms with van der Waals surface area (Å²) in [6.07, 6.45) is 86.1. The Bertz CT molecular complexity index is 1570. The minimum Gasteiger partial charge on any atom is -0.756 e. The van der Waals surface area contributed by atoms with Gasteiger partial charge < -0.3 is 28.5 Å². The molecule has 9 nitrogen and oxygen atoms in total. The Labute approximate surface area is 555 Å². The summed E-state index contributed by atoms with van der Waals surface area (Å²) in [4.78, 5) is 40.3. The van der Waals surface area contributed by atoms with Gasteiger partial charge in [-0.25, -0.2) is 0 Å². The van der Waals surface area contributed by atoms with Gasteiger partial charge in [-0.2, -0.15) is 0 Å². The third-order valence-electron chi connectivity index (χ3n) is 18.4. The molecule has 0 rings (SSSR count). The second-order valence-electron chi connectivity index (χ2n) is 28.6. The number of allylic oxidation sites excluding steroid dienone is 3. The Morgan fingerprint density at radius 3 is 0.955 bits per heavy atom. The van der Waals surface area contributed by atoms with E-state index in [9.17, 15) is 19.0 Å². The van der Waals surface area contributed by atoms with Crippen LogP contribution in [0.1, 0.15) is 419 Å². The summed E-state index contributed by atoms with van der Waals surface area (Å²) in [6, 6.07) is -0.884. The third kappa shape index (κ3) is 70.6. The van der Waals surface area contributed by atoms with Crippen LogP contribution in [0.5, 0.6) is 0 Å². The number of hydrogen-bond donors (Lipinski definition) is 1. The Morgan fingerprint density at radius 2 is 0.652 bits per heavy atom. The average Bonchev–Trinajstić information content (AvgIpc) is 3.64. The maximum absolute atomic E-state index is 13.6. The number of carbonyl (C=O) groups excluding carboxylic acids is 2. The van der Waals surface area contributed by atoms with Crippen molar-refractivity contribution in [2.45, 2.75) is 431 Å². The molecule has 3 unspecified atom stereocenters. The predicted octanol–water partition coefficient (Wildman–Crippen LogP) is 24.9. The molecule has 1 amide bonds.